The molecule has 1 N–H and O–H groups in total. The van der Waals surface area contributed by atoms with Crippen LogP contribution in [0.2, 0.25) is 0 Å². The normalized spacial score (nSPS) is 16.1. The summed E-state index contributed by atoms with van der Waals surface area (Å²) < 4.78 is 0. The quantitative estimate of drug-likeness (QED) is 0.846. The summed E-state index contributed by atoms with van der Waals surface area (Å²) in [6.45, 7) is 6.42. The highest BCUT2D eigenvalue weighted by molar-refractivity contribution is 5.77. The summed E-state index contributed by atoms with van der Waals surface area (Å²) >= 11 is 0. The van der Waals surface area contributed by atoms with E-state index in [4.69, 9.17) is 0 Å². The average molecular weight is 234 g/mol. The maximum Gasteiger partial charge on any atom is 0.0640 e. The third-order valence-electron chi connectivity index (χ3n) is 3.70. The lowest BCUT2D eigenvalue weighted by Gasteiger charge is -2.39. The van der Waals surface area contributed by atoms with Gasteiger partial charge in [0.2, 0.25) is 0 Å². The predicted octanol–water partition coefficient (Wildman–Crippen LogP) is 1.84. The van der Waals surface area contributed by atoms with Crippen molar-refractivity contribution < 1.29 is 5.11 Å². The van der Waals surface area contributed by atoms with E-state index in [0.717, 1.165) is 13.1 Å². The van der Waals surface area contributed by atoms with E-state index in [-0.39, 0.29) is 12.0 Å². The summed E-state index contributed by atoms with van der Waals surface area (Å²) in [7, 11) is 4.25. The van der Waals surface area contributed by atoms with Gasteiger partial charge in [-0.2, -0.15) is 0 Å². The van der Waals surface area contributed by atoms with E-state index in [1.165, 1.54) is 16.9 Å². The zero-order chi connectivity index (χ0) is 12.6. The van der Waals surface area contributed by atoms with Gasteiger partial charge in [-0.1, -0.05) is 26.0 Å². The number of fused-ring (bicyclic) bond motifs is 1. The van der Waals surface area contributed by atoms with Crippen molar-refractivity contribution in [1.29, 1.82) is 0 Å². The SMILES string of the molecule is CN1CCN(C)c2c1cccc2C(C)(C)CO. The Balaban J connectivity index is 2.59. The van der Waals surface area contributed by atoms with Crippen LogP contribution in [0, 0.1) is 0 Å². The summed E-state index contributed by atoms with van der Waals surface area (Å²) in [6.07, 6.45) is 0. The molecule has 0 bridgehead atoms. The number of hydrogen-bond acceptors (Lipinski definition) is 3. The largest absolute Gasteiger partial charge is 0.395 e. The Kier molecular flexibility index (Phi) is 3.04. The van der Waals surface area contributed by atoms with Crippen LogP contribution in [0.5, 0.6) is 0 Å². The zero-order valence-corrected chi connectivity index (χ0v) is 11.2. The van der Waals surface area contributed by atoms with Crippen molar-refractivity contribution in [2.75, 3.05) is 43.6 Å². The number of para-hydroxylation sites is 1. The second kappa shape index (κ2) is 4.22. The van der Waals surface area contributed by atoms with Crippen LogP contribution in [0.25, 0.3) is 0 Å². The molecule has 0 aliphatic carbocycles. The highest BCUT2D eigenvalue weighted by Gasteiger charge is 2.28. The van der Waals surface area contributed by atoms with Crippen molar-refractivity contribution in [3.8, 4) is 0 Å². The first-order valence-corrected chi connectivity index (χ1v) is 6.14. The first-order valence-electron chi connectivity index (χ1n) is 6.14. The Bertz CT molecular complexity index is 415. The molecule has 94 valence electrons. The van der Waals surface area contributed by atoms with Crippen LogP contribution in [-0.2, 0) is 5.41 Å². The van der Waals surface area contributed by atoms with Crippen LogP contribution < -0.4 is 9.80 Å². The second-order valence-electron chi connectivity index (χ2n) is 5.56. The van der Waals surface area contributed by atoms with Gasteiger partial charge >= 0.3 is 0 Å². The number of benzene rings is 1. The summed E-state index contributed by atoms with van der Waals surface area (Å²) in [5, 5.41) is 9.57. The molecule has 0 amide bonds. The monoisotopic (exact) mass is 234 g/mol. The third kappa shape index (κ3) is 2.00. The molecule has 1 aromatic rings. The molecule has 1 aliphatic heterocycles. The molecule has 1 aliphatic rings. The molecule has 0 fully saturated rings. The number of aliphatic hydroxyl groups is 1. The minimum Gasteiger partial charge on any atom is -0.395 e. The van der Waals surface area contributed by atoms with E-state index in [2.05, 4.69) is 55.9 Å². The maximum absolute atomic E-state index is 9.57. The van der Waals surface area contributed by atoms with E-state index in [9.17, 15) is 5.11 Å². The topological polar surface area (TPSA) is 26.7 Å². The first kappa shape index (κ1) is 12.2. The Morgan fingerprint density at radius 2 is 1.82 bits per heavy atom. The number of aliphatic hydroxyl groups excluding tert-OH is 1. The standard InChI is InChI=1S/C14H22N2O/c1-14(2,10-17)11-6-5-7-12-13(11)16(4)9-8-15(12)3/h5-7,17H,8-10H2,1-4H3. The van der Waals surface area contributed by atoms with Gasteiger partial charge < -0.3 is 14.9 Å². The molecule has 0 aromatic heterocycles. The molecule has 1 aromatic carbocycles. The van der Waals surface area contributed by atoms with Gasteiger partial charge in [-0.25, -0.2) is 0 Å². The maximum atomic E-state index is 9.57. The van der Waals surface area contributed by atoms with Crippen molar-refractivity contribution in [1.82, 2.24) is 0 Å². The zero-order valence-electron chi connectivity index (χ0n) is 11.2. The van der Waals surface area contributed by atoms with Crippen LogP contribution >= 0.6 is 0 Å². The first-order chi connectivity index (χ1) is 7.97. The fraction of sp³-hybridized carbons (Fsp3) is 0.571. The van der Waals surface area contributed by atoms with E-state index in [1.807, 2.05) is 0 Å². The van der Waals surface area contributed by atoms with Gasteiger partial charge in [-0.3, -0.25) is 0 Å². The molecule has 0 radical (unpaired) electrons. The highest BCUT2D eigenvalue weighted by Crippen LogP contribution is 2.40. The van der Waals surface area contributed by atoms with E-state index >= 15 is 0 Å². The molecule has 3 heteroatoms. The van der Waals surface area contributed by atoms with E-state index < -0.39 is 0 Å². The van der Waals surface area contributed by atoms with Crippen molar-refractivity contribution in [2.24, 2.45) is 0 Å². The number of nitrogens with zero attached hydrogens (tertiary/aromatic N) is 2. The van der Waals surface area contributed by atoms with Gasteiger partial charge in [0, 0.05) is 32.6 Å². The summed E-state index contributed by atoms with van der Waals surface area (Å²) in [6, 6.07) is 6.37. The van der Waals surface area contributed by atoms with Crippen LogP contribution in [0.15, 0.2) is 18.2 Å². The molecule has 0 saturated heterocycles. The molecule has 0 spiro atoms. The van der Waals surface area contributed by atoms with Crippen molar-refractivity contribution >= 4 is 11.4 Å². The van der Waals surface area contributed by atoms with Gasteiger partial charge in [0.05, 0.1) is 18.0 Å². The van der Waals surface area contributed by atoms with Gasteiger partial charge in [-0.15, -0.1) is 0 Å². The molecular formula is C14H22N2O. The Hall–Kier alpha value is -1.22. The Morgan fingerprint density at radius 1 is 1.18 bits per heavy atom. The lowest BCUT2D eigenvalue weighted by atomic mass is 9.83. The Labute approximate surface area is 104 Å². The van der Waals surface area contributed by atoms with Crippen molar-refractivity contribution in [3.05, 3.63) is 23.8 Å². The van der Waals surface area contributed by atoms with E-state index in [1.54, 1.807) is 0 Å². The highest BCUT2D eigenvalue weighted by atomic mass is 16.3. The molecule has 17 heavy (non-hydrogen) atoms. The molecule has 0 unspecified atom stereocenters. The average Bonchev–Trinajstić information content (AvgIpc) is 2.33. The summed E-state index contributed by atoms with van der Waals surface area (Å²) in [5.74, 6) is 0. The molecule has 0 atom stereocenters. The molecule has 2 rings (SSSR count). The number of rotatable bonds is 2. The fourth-order valence-corrected chi connectivity index (χ4v) is 2.40. The molecule has 1 heterocycles. The second-order valence-corrected chi connectivity index (χ2v) is 5.56. The summed E-state index contributed by atoms with van der Waals surface area (Å²) in [5.41, 5.74) is 3.56. The number of likely N-dealkylation sites (N-methyl/N-ethyl adjacent to an activating group) is 2. The van der Waals surface area contributed by atoms with Crippen molar-refractivity contribution in [2.45, 2.75) is 19.3 Å². The van der Waals surface area contributed by atoms with Gasteiger partial charge in [0.15, 0.2) is 0 Å². The lowest BCUT2D eigenvalue weighted by molar-refractivity contribution is 0.218. The fourth-order valence-electron chi connectivity index (χ4n) is 2.40. The van der Waals surface area contributed by atoms with E-state index in [0.29, 0.717) is 0 Å². The molecular weight excluding hydrogens is 212 g/mol. The summed E-state index contributed by atoms with van der Waals surface area (Å²) in [4.78, 5) is 4.58. The number of anilines is 2. The van der Waals surface area contributed by atoms with Crippen LogP contribution in [0.1, 0.15) is 19.4 Å². The number of hydrogen-bond donors (Lipinski definition) is 1. The van der Waals surface area contributed by atoms with Crippen molar-refractivity contribution in [3.63, 3.8) is 0 Å². The molecule has 0 saturated carbocycles. The van der Waals surface area contributed by atoms with Crippen LogP contribution in [0.3, 0.4) is 0 Å². The third-order valence-corrected chi connectivity index (χ3v) is 3.70. The molecule has 3 nitrogen and oxygen atoms in total. The van der Waals surface area contributed by atoms with Gasteiger partial charge in [0.25, 0.3) is 0 Å². The predicted molar refractivity (Wildman–Crippen MR) is 73.1 cm³/mol. The van der Waals surface area contributed by atoms with Crippen LogP contribution in [-0.4, -0.2) is 38.9 Å². The Morgan fingerprint density at radius 3 is 2.47 bits per heavy atom. The van der Waals surface area contributed by atoms with Crippen LogP contribution in [0.4, 0.5) is 11.4 Å². The minimum absolute atomic E-state index is 0.168. The van der Waals surface area contributed by atoms with Gasteiger partial charge in [-0.05, 0) is 11.6 Å². The van der Waals surface area contributed by atoms with Gasteiger partial charge in [0.1, 0.15) is 0 Å². The lowest BCUT2D eigenvalue weighted by Crippen LogP contribution is -2.39. The smallest absolute Gasteiger partial charge is 0.0640 e. The minimum atomic E-state index is -0.197.